The lowest BCUT2D eigenvalue weighted by atomic mass is 10.0. The fourth-order valence-corrected chi connectivity index (χ4v) is 3.81. The van der Waals surface area contributed by atoms with Crippen LogP contribution in [-0.4, -0.2) is 15.5 Å². The van der Waals surface area contributed by atoms with Crippen LogP contribution in [0, 0.1) is 24.6 Å². The van der Waals surface area contributed by atoms with Crippen molar-refractivity contribution in [1.29, 1.82) is 0 Å². The van der Waals surface area contributed by atoms with Gasteiger partial charge in [-0.05, 0) is 61.9 Å². The molecule has 180 valence electrons. The Kier molecular flexibility index (Phi) is 8.37. The summed E-state index contributed by atoms with van der Waals surface area (Å²) >= 11 is 0. The minimum absolute atomic E-state index is 0.115. The molecule has 0 saturated carbocycles. The van der Waals surface area contributed by atoms with Crippen molar-refractivity contribution in [2.24, 2.45) is 11.8 Å². The van der Waals surface area contributed by atoms with Crippen LogP contribution < -0.4 is 10.3 Å². The first-order chi connectivity index (χ1) is 16.2. The van der Waals surface area contributed by atoms with E-state index in [-0.39, 0.29) is 23.3 Å². The molecule has 0 N–H and O–H groups in total. The van der Waals surface area contributed by atoms with Gasteiger partial charge in [-0.15, -0.1) is 0 Å². The zero-order valence-corrected chi connectivity index (χ0v) is 20.6. The van der Waals surface area contributed by atoms with Crippen molar-refractivity contribution in [3.63, 3.8) is 0 Å². The van der Waals surface area contributed by atoms with E-state index in [0.29, 0.717) is 60.1 Å². The van der Waals surface area contributed by atoms with Crippen LogP contribution in [0.15, 0.2) is 53.3 Å². The molecule has 1 aromatic heterocycles. The second-order valence-electron chi connectivity index (χ2n) is 9.16. The first-order valence-corrected chi connectivity index (χ1v) is 11.9. The monoisotopic (exact) mass is 464 g/mol. The predicted molar refractivity (Wildman–Crippen MR) is 132 cm³/mol. The van der Waals surface area contributed by atoms with Crippen LogP contribution in [-0.2, 0) is 24.2 Å². The van der Waals surface area contributed by atoms with Crippen LogP contribution >= 0.6 is 0 Å². The van der Waals surface area contributed by atoms with Crippen LogP contribution in [0.4, 0.5) is 4.39 Å². The minimum Gasteiger partial charge on any atom is -0.426 e. The number of esters is 1. The molecule has 2 aromatic carbocycles. The Morgan fingerprint density at radius 3 is 2.53 bits per heavy atom. The van der Waals surface area contributed by atoms with Crippen molar-refractivity contribution in [3.8, 4) is 17.1 Å². The summed E-state index contributed by atoms with van der Waals surface area (Å²) in [6.45, 7) is 10.0. The average molecular weight is 465 g/mol. The van der Waals surface area contributed by atoms with Crippen molar-refractivity contribution >= 4 is 5.97 Å². The highest BCUT2D eigenvalue weighted by atomic mass is 19.1. The molecule has 1 heterocycles. The molecule has 0 spiro atoms. The molecule has 3 aromatic rings. The highest BCUT2D eigenvalue weighted by Gasteiger charge is 2.21. The van der Waals surface area contributed by atoms with Gasteiger partial charge in [0.1, 0.15) is 17.4 Å². The number of aromatic nitrogens is 2. The Morgan fingerprint density at radius 1 is 1.12 bits per heavy atom. The van der Waals surface area contributed by atoms with E-state index in [0.717, 1.165) is 5.56 Å². The van der Waals surface area contributed by atoms with Gasteiger partial charge in [-0.2, -0.15) is 0 Å². The maximum atomic E-state index is 13.7. The second-order valence-corrected chi connectivity index (χ2v) is 9.16. The standard InChI is InChI=1S/C28H33FN2O3/c1-6-19(4)28(33)34-25-13-8-7-12-23(25)26-30-20(5)24(16-18(2)3)27(32)31(26)15-14-21-10-9-11-22(29)17-21/h7-13,17-19H,6,14-16H2,1-5H3. The number of carbonyl (C=O) groups is 1. The van der Waals surface area contributed by atoms with Crippen LogP contribution in [0.25, 0.3) is 11.4 Å². The van der Waals surface area contributed by atoms with E-state index in [9.17, 15) is 14.0 Å². The molecule has 5 nitrogen and oxygen atoms in total. The third kappa shape index (κ3) is 5.99. The summed E-state index contributed by atoms with van der Waals surface area (Å²) in [4.78, 5) is 31.0. The Labute approximate surface area is 200 Å². The summed E-state index contributed by atoms with van der Waals surface area (Å²) in [5.74, 6) is 0.228. The Morgan fingerprint density at radius 2 is 1.85 bits per heavy atom. The minimum atomic E-state index is -0.322. The average Bonchev–Trinajstić information content (AvgIpc) is 2.80. The van der Waals surface area contributed by atoms with E-state index in [1.54, 1.807) is 28.8 Å². The van der Waals surface area contributed by atoms with Crippen molar-refractivity contribution in [1.82, 2.24) is 9.55 Å². The van der Waals surface area contributed by atoms with E-state index in [2.05, 4.69) is 13.8 Å². The highest BCUT2D eigenvalue weighted by molar-refractivity contribution is 5.78. The van der Waals surface area contributed by atoms with Crippen molar-refractivity contribution in [3.05, 3.63) is 81.5 Å². The van der Waals surface area contributed by atoms with E-state index >= 15 is 0 Å². The van der Waals surface area contributed by atoms with Gasteiger partial charge in [0.05, 0.1) is 11.5 Å². The summed E-state index contributed by atoms with van der Waals surface area (Å²) in [5.41, 5.74) is 2.59. The number of hydrogen-bond acceptors (Lipinski definition) is 4. The number of carbonyl (C=O) groups excluding carboxylic acids is 1. The summed E-state index contributed by atoms with van der Waals surface area (Å²) in [6, 6.07) is 13.5. The Balaban J connectivity index is 2.11. The largest absolute Gasteiger partial charge is 0.426 e. The van der Waals surface area contributed by atoms with E-state index in [1.807, 2.05) is 32.9 Å². The first-order valence-electron chi connectivity index (χ1n) is 11.9. The third-order valence-electron chi connectivity index (χ3n) is 5.95. The maximum Gasteiger partial charge on any atom is 0.314 e. The fraction of sp³-hybridized carbons (Fsp3) is 0.393. The number of nitrogens with zero attached hydrogens (tertiary/aromatic N) is 2. The molecule has 3 rings (SSSR count). The lowest BCUT2D eigenvalue weighted by molar-refractivity contribution is -0.138. The molecule has 0 radical (unpaired) electrons. The van der Waals surface area contributed by atoms with E-state index in [4.69, 9.17) is 9.72 Å². The number of halogens is 1. The number of aryl methyl sites for hydroxylation is 2. The molecule has 1 unspecified atom stereocenters. The van der Waals surface area contributed by atoms with Crippen LogP contribution in [0.2, 0.25) is 0 Å². The van der Waals surface area contributed by atoms with Gasteiger partial charge in [0.15, 0.2) is 0 Å². The Bertz CT molecular complexity index is 1220. The van der Waals surface area contributed by atoms with Crippen molar-refractivity contribution < 1.29 is 13.9 Å². The molecule has 0 aliphatic carbocycles. The van der Waals surface area contributed by atoms with Crippen LogP contribution in [0.3, 0.4) is 0 Å². The summed E-state index contributed by atoms with van der Waals surface area (Å²) in [7, 11) is 0. The molecule has 0 saturated heterocycles. The van der Waals surface area contributed by atoms with Gasteiger partial charge in [0.25, 0.3) is 5.56 Å². The van der Waals surface area contributed by atoms with Gasteiger partial charge in [-0.25, -0.2) is 9.37 Å². The molecular weight excluding hydrogens is 431 g/mol. The number of benzene rings is 2. The molecule has 6 heteroatoms. The topological polar surface area (TPSA) is 61.2 Å². The zero-order chi connectivity index (χ0) is 24.8. The van der Waals surface area contributed by atoms with E-state index < -0.39 is 0 Å². The Hall–Kier alpha value is -3.28. The van der Waals surface area contributed by atoms with Gasteiger partial charge in [0, 0.05) is 17.8 Å². The summed E-state index contributed by atoms with van der Waals surface area (Å²) < 4.78 is 21.1. The van der Waals surface area contributed by atoms with Crippen molar-refractivity contribution in [2.45, 2.75) is 60.4 Å². The third-order valence-corrected chi connectivity index (χ3v) is 5.95. The molecular formula is C28H33FN2O3. The number of para-hydroxylation sites is 1. The maximum absolute atomic E-state index is 13.7. The number of ether oxygens (including phenoxy) is 1. The van der Waals surface area contributed by atoms with Crippen LogP contribution in [0.1, 0.15) is 50.9 Å². The SMILES string of the molecule is CCC(C)C(=O)Oc1ccccc1-c1nc(C)c(CC(C)C)c(=O)n1CCc1cccc(F)c1. The zero-order valence-electron chi connectivity index (χ0n) is 20.6. The van der Waals surface area contributed by atoms with Crippen molar-refractivity contribution in [2.75, 3.05) is 0 Å². The molecule has 0 amide bonds. The second kappa shape index (κ2) is 11.2. The molecule has 0 aliphatic rings. The fourth-order valence-electron chi connectivity index (χ4n) is 3.81. The number of hydrogen-bond donors (Lipinski definition) is 0. The number of rotatable bonds is 9. The molecule has 0 fully saturated rings. The molecule has 0 bridgehead atoms. The first kappa shape index (κ1) is 25.3. The van der Waals surface area contributed by atoms with Crippen LogP contribution in [0.5, 0.6) is 5.75 Å². The molecule has 34 heavy (non-hydrogen) atoms. The van der Waals surface area contributed by atoms with Gasteiger partial charge >= 0.3 is 5.97 Å². The molecule has 1 atom stereocenters. The van der Waals surface area contributed by atoms with Gasteiger partial charge in [-0.1, -0.05) is 52.0 Å². The smallest absolute Gasteiger partial charge is 0.314 e. The summed E-state index contributed by atoms with van der Waals surface area (Å²) in [5, 5.41) is 0. The normalized spacial score (nSPS) is 12.1. The van der Waals surface area contributed by atoms with Gasteiger partial charge < -0.3 is 4.74 Å². The molecule has 0 aliphatic heterocycles. The van der Waals surface area contributed by atoms with E-state index in [1.165, 1.54) is 12.1 Å². The predicted octanol–water partition coefficient (Wildman–Crippen LogP) is 5.75. The highest BCUT2D eigenvalue weighted by Crippen LogP contribution is 2.30. The van der Waals surface area contributed by atoms with Gasteiger partial charge in [-0.3, -0.25) is 14.2 Å². The quantitative estimate of drug-likeness (QED) is 0.299. The van der Waals surface area contributed by atoms with Gasteiger partial charge in [0.2, 0.25) is 0 Å². The lowest BCUT2D eigenvalue weighted by Crippen LogP contribution is -2.30. The lowest BCUT2D eigenvalue weighted by Gasteiger charge is -2.19. The summed E-state index contributed by atoms with van der Waals surface area (Å²) in [6.07, 6.45) is 1.74.